The molecule has 0 heterocycles. The van der Waals surface area contributed by atoms with Gasteiger partial charge in [-0.2, -0.15) is 4.21 Å². The van der Waals surface area contributed by atoms with Crippen molar-refractivity contribution >= 4 is 23.0 Å². The van der Waals surface area contributed by atoms with E-state index in [1.165, 1.54) is 12.8 Å². The minimum Gasteiger partial charge on any atom is -0.284 e. The maximum Gasteiger partial charge on any atom is 0.302 e. The molecule has 1 N–H and O–H groups in total. The van der Waals surface area contributed by atoms with E-state index in [4.69, 9.17) is 20.3 Å². The first kappa shape index (κ1) is 14.4. The third-order valence-corrected chi connectivity index (χ3v) is 2.68. The SMILES string of the molecule is CCCCCCC(CCCl)OS(=O)O. The van der Waals surface area contributed by atoms with Crippen LogP contribution in [-0.2, 0) is 15.5 Å². The molecule has 0 aliphatic rings. The Hall–Kier alpha value is 0.360. The smallest absolute Gasteiger partial charge is 0.284 e. The summed E-state index contributed by atoms with van der Waals surface area (Å²) in [4.78, 5) is 0. The fourth-order valence-electron chi connectivity index (χ4n) is 1.28. The zero-order chi connectivity index (χ0) is 10.8. The monoisotopic (exact) mass is 242 g/mol. The molecular weight excluding hydrogens is 224 g/mol. The summed E-state index contributed by atoms with van der Waals surface area (Å²) in [5.74, 6) is 0.468. The number of hydrogen-bond donors (Lipinski definition) is 1. The Morgan fingerprint density at radius 1 is 1.36 bits per heavy atom. The van der Waals surface area contributed by atoms with Crippen LogP contribution in [0, 0.1) is 0 Å². The van der Waals surface area contributed by atoms with Gasteiger partial charge < -0.3 is 0 Å². The molecule has 0 aromatic carbocycles. The van der Waals surface area contributed by atoms with Crippen molar-refractivity contribution in [2.24, 2.45) is 0 Å². The highest BCUT2D eigenvalue weighted by Gasteiger charge is 2.11. The van der Waals surface area contributed by atoms with Crippen LogP contribution in [0.4, 0.5) is 0 Å². The summed E-state index contributed by atoms with van der Waals surface area (Å²) in [7, 11) is 0. The molecule has 0 aliphatic carbocycles. The second-order valence-corrected chi connectivity index (χ2v) is 4.27. The van der Waals surface area contributed by atoms with Crippen molar-refractivity contribution in [1.29, 1.82) is 0 Å². The van der Waals surface area contributed by atoms with Crippen molar-refractivity contribution in [2.75, 3.05) is 5.88 Å². The molecule has 0 amide bonds. The van der Waals surface area contributed by atoms with Crippen LogP contribution in [0.1, 0.15) is 45.4 Å². The van der Waals surface area contributed by atoms with Crippen LogP contribution in [0.5, 0.6) is 0 Å². The van der Waals surface area contributed by atoms with Crippen molar-refractivity contribution in [1.82, 2.24) is 0 Å². The van der Waals surface area contributed by atoms with Crippen LogP contribution in [-0.4, -0.2) is 20.7 Å². The van der Waals surface area contributed by atoms with Gasteiger partial charge in [-0.3, -0.25) is 8.74 Å². The van der Waals surface area contributed by atoms with Crippen molar-refractivity contribution in [3.63, 3.8) is 0 Å². The number of alkyl halides is 1. The van der Waals surface area contributed by atoms with Crippen molar-refractivity contribution < 1.29 is 12.9 Å². The Labute approximate surface area is 93.7 Å². The summed E-state index contributed by atoms with van der Waals surface area (Å²) in [6.07, 6.45) is 5.86. The van der Waals surface area contributed by atoms with Crippen LogP contribution >= 0.6 is 11.6 Å². The van der Waals surface area contributed by atoms with E-state index in [1.807, 2.05) is 0 Å². The maximum absolute atomic E-state index is 10.4. The zero-order valence-corrected chi connectivity index (χ0v) is 10.1. The van der Waals surface area contributed by atoms with E-state index in [0.29, 0.717) is 12.3 Å². The lowest BCUT2D eigenvalue weighted by molar-refractivity contribution is 0.186. The molecule has 2 unspecified atom stereocenters. The van der Waals surface area contributed by atoms with Gasteiger partial charge in [-0.15, -0.1) is 11.6 Å². The molecule has 0 rings (SSSR count). The minimum absolute atomic E-state index is 0.171. The third kappa shape index (κ3) is 8.94. The van der Waals surface area contributed by atoms with E-state index in [9.17, 15) is 4.21 Å². The van der Waals surface area contributed by atoms with Gasteiger partial charge in [-0.05, 0) is 12.8 Å². The van der Waals surface area contributed by atoms with Gasteiger partial charge in [0.1, 0.15) is 0 Å². The quantitative estimate of drug-likeness (QED) is 0.384. The van der Waals surface area contributed by atoms with Crippen LogP contribution in [0.3, 0.4) is 0 Å². The Bertz CT molecular complexity index is 155. The fourth-order valence-corrected chi connectivity index (χ4v) is 1.95. The molecular formula is C9H19ClO3S. The summed E-state index contributed by atoms with van der Waals surface area (Å²) in [5.41, 5.74) is 0. The molecule has 0 spiro atoms. The molecule has 0 fully saturated rings. The minimum atomic E-state index is -2.16. The largest absolute Gasteiger partial charge is 0.302 e. The average Bonchev–Trinajstić information content (AvgIpc) is 2.12. The maximum atomic E-state index is 10.4. The third-order valence-electron chi connectivity index (χ3n) is 2.03. The van der Waals surface area contributed by atoms with Gasteiger partial charge in [0.2, 0.25) is 0 Å². The molecule has 2 atom stereocenters. The van der Waals surface area contributed by atoms with Gasteiger partial charge in [-0.25, -0.2) is 0 Å². The molecule has 86 valence electrons. The molecule has 3 nitrogen and oxygen atoms in total. The first-order valence-corrected chi connectivity index (χ1v) is 6.61. The first-order valence-electron chi connectivity index (χ1n) is 5.04. The molecule has 14 heavy (non-hydrogen) atoms. The van der Waals surface area contributed by atoms with Crippen LogP contribution in [0.15, 0.2) is 0 Å². The number of halogens is 1. The van der Waals surface area contributed by atoms with E-state index in [1.54, 1.807) is 0 Å². The molecule has 0 saturated carbocycles. The van der Waals surface area contributed by atoms with E-state index >= 15 is 0 Å². The Kier molecular flexibility index (Phi) is 10.2. The van der Waals surface area contributed by atoms with Crippen molar-refractivity contribution in [3.8, 4) is 0 Å². The molecule has 5 heteroatoms. The van der Waals surface area contributed by atoms with Crippen LogP contribution < -0.4 is 0 Å². The first-order chi connectivity index (χ1) is 6.70. The predicted octanol–water partition coefficient (Wildman–Crippen LogP) is 3.11. The molecule has 0 aromatic rings. The van der Waals surface area contributed by atoms with Gasteiger partial charge in [0.25, 0.3) is 0 Å². The molecule has 0 aromatic heterocycles. The summed E-state index contributed by atoms with van der Waals surface area (Å²) < 4.78 is 23.8. The lowest BCUT2D eigenvalue weighted by Crippen LogP contribution is -2.15. The van der Waals surface area contributed by atoms with E-state index in [2.05, 4.69) is 6.92 Å². The van der Waals surface area contributed by atoms with Crippen LogP contribution in [0.25, 0.3) is 0 Å². The van der Waals surface area contributed by atoms with Gasteiger partial charge in [0, 0.05) is 5.88 Å². The summed E-state index contributed by atoms with van der Waals surface area (Å²) in [6, 6.07) is 0. The van der Waals surface area contributed by atoms with Gasteiger partial charge >= 0.3 is 11.4 Å². The number of rotatable bonds is 9. The Morgan fingerprint density at radius 3 is 2.57 bits per heavy atom. The predicted molar refractivity (Wildman–Crippen MR) is 59.7 cm³/mol. The lowest BCUT2D eigenvalue weighted by atomic mass is 10.1. The van der Waals surface area contributed by atoms with Crippen LogP contribution in [0.2, 0.25) is 0 Å². The number of hydrogen-bond acceptors (Lipinski definition) is 2. The molecule has 0 saturated heterocycles. The second-order valence-electron chi connectivity index (χ2n) is 3.26. The Balaban J connectivity index is 3.56. The standard InChI is InChI=1S/C9H19ClO3S/c1-2-3-4-5-6-9(7-8-10)13-14(11)12/h9H,2-8H2,1H3,(H,11,12). The zero-order valence-electron chi connectivity index (χ0n) is 8.58. The Morgan fingerprint density at radius 2 is 2.07 bits per heavy atom. The second kappa shape index (κ2) is 9.90. The van der Waals surface area contributed by atoms with E-state index in [0.717, 1.165) is 19.3 Å². The average molecular weight is 243 g/mol. The van der Waals surface area contributed by atoms with E-state index < -0.39 is 11.4 Å². The topological polar surface area (TPSA) is 46.5 Å². The fraction of sp³-hybridized carbons (Fsp3) is 1.00. The van der Waals surface area contributed by atoms with Gasteiger partial charge in [0.05, 0.1) is 6.10 Å². The van der Waals surface area contributed by atoms with Crippen molar-refractivity contribution in [3.05, 3.63) is 0 Å². The molecule has 0 aliphatic heterocycles. The number of unbranched alkanes of at least 4 members (excludes halogenated alkanes) is 3. The van der Waals surface area contributed by atoms with Crippen molar-refractivity contribution in [2.45, 2.75) is 51.6 Å². The molecule has 0 radical (unpaired) electrons. The van der Waals surface area contributed by atoms with Gasteiger partial charge in [0.15, 0.2) is 0 Å². The summed E-state index contributed by atoms with van der Waals surface area (Å²) in [6.45, 7) is 2.15. The van der Waals surface area contributed by atoms with Gasteiger partial charge in [-0.1, -0.05) is 32.6 Å². The highest BCUT2D eigenvalue weighted by atomic mass is 35.5. The highest BCUT2D eigenvalue weighted by Crippen LogP contribution is 2.12. The highest BCUT2D eigenvalue weighted by molar-refractivity contribution is 7.74. The summed E-state index contributed by atoms with van der Waals surface area (Å²) >= 11 is 3.40. The normalized spacial score (nSPS) is 15.4. The molecule has 0 bridgehead atoms. The van der Waals surface area contributed by atoms with E-state index in [-0.39, 0.29) is 6.10 Å². The lowest BCUT2D eigenvalue weighted by Gasteiger charge is -2.12. The summed E-state index contributed by atoms with van der Waals surface area (Å²) in [5, 5.41) is 0.